The van der Waals surface area contributed by atoms with Crippen LogP contribution in [0.4, 0.5) is 10.1 Å². The smallest absolute Gasteiger partial charge is 0.251 e. The van der Waals surface area contributed by atoms with Gasteiger partial charge in [-0.25, -0.2) is 9.38 Å². The first-order valence-electron chi connectivity index (χ1n) is 13.0. The number of unbranched alkanes of at least 4 members (excludes halogenated alkanes) is 3. The van der Waals surface area contributed by atoms with Crippen LogP contribution in [0.15, 0.2) is 52.7 Å². The Kier molecular flexibility index (Phi) is 8.89. The third kappa shape index (κ3) is 5.77. The van der Waals surface area contributed by atoms with E-state index in [1.54, 1.807) is 19.2 Å². The number of methoxy groups -OCH3 is 1. The number of amides is 1. The van der Waals surface area contributed by atoms with E-state index in [4.69, 9.17) is 9.73 Å². The molecule has 0 radical (unpaired) electrons. The van der Waals surface area contributed by atoms with E-state index in [9.17, 15) is 14.0 Å². The molecule has 1 amide bonds. The molecule has 0 aromatic heterocycles. The Morgan fingerprint density at radius 3 is 2.84 bits per heavy atom. The predicted octanol–water partition coefficient (Wildman–Crippen LogP) is 4.94. The molecule has 4 rings (SSSR count). The molecule has 2 aromatic rings. The number of hydrogen-bond donors (Lipinski definition) is 2. The maximum absolute atomic E-state index is 14.7. The summed E-state index contributed by atoms with van der Waals surface area (Å²) in [7, 11) is 1.46. The molecule has 0 bridgehead atoms. The summed E-state index contributed by atoms with van der Waals surface area (Å²) in [5.41, 5.74) is 3.76. The zero-order chi connectivity index (χ0) is 27.1. The van der Waals surface area contributed by atoms with Gasteiger partial charge < -0.3 is 25.1 Å². The lowest BCUT2D eigenvalue weighted by molar-refractivity contribution is -0.107. The van der Waals surface area contributed by atoms with Gasteiger partial charge in [0.1, 0.15) is 6.29 Å². The number of ether oxygens (including phenoxy) is 1. The van der Waals surface area contributed by atoms with Crippen LogP contribution in [-0.2, 0) is 11.2 Å². The maximum Gasteiger partial charge on any atom is 0.251 e. The van der Waals surface area contributed by atoms with Gasteiger partial charge in [-0.3, -0.25) is 9.79 Å². The Morgan fingerprint density at radius 1 is 1.24 bits per heavy atom. The topological polar surface area (TPSA) is 95.4 Å². The predicted molar refractivity (Wildman–Crippen MR) is 147 cm³/mol. The van der Waals surface area contributed by atoms with Crippen LogP contribution in [0.5, 0.6) is 5.75 Å². The molecular formula is C29H34FN5O3. The summed E-state index contributed by atoms with van der Waals surface area (Å²) in [6.07, 6.45) is 8.34. The number of aldehydes is 1. The summed E-state index contributed by atoms with van der Waals surface area (Å²) in [6, 6.07) is 9.02. The molecule has 2 N–H and O–H groups in total. The fourth-order valence-corrected chi connectivity index (χ4v) is 4.78. The van der Waals surface area contributed by atoms with Crippen molar-refractivity contribution in [3.8, 4) is 5.75 Å². The summed E-state index contributed by atoms with van der Waals surface area (Å²) in [6.45, 7) is 4.82. The minimum Gasteiger partial charge on any atom is -0.494 e. The monoisotopic (exact) mass is 519 g/mol. The number of halogens is 1. The first-order valence-corrected chi connectivity index (χ1v) is 13.0. The molecule has 1 atom stereocenters. The number of hydrogen-bond acceptors (Lipinski definition) is 7. The Bertz CT molecular complexity index is 1290. The van der Waals surface area contributed by atoms with Crippen molar-refractivity contribution in [2.24, 2.45) is 9.98 Å². The zero-order valence-electron chi connectivity index (χ0n) is 22.1. The van der Waals surface area contributed by atoms with Gasteiger partial charge in [-0.1, -0.05) is 19.4 Å². The molecule has 2 aromatic carbocycles. The number of benzene rings is 2. The van der Waals surface area contributed by atoms with Crippen LogP contribution >= 0.6 is 0 Å². The number of carbonyl (C=O) groups is 2. The van der Waals surface area contributed by atoms with Crippen molar-refractivity contribution in [3.05, 3.63) is 70.8 Å². The molecule has 9 heteroatoms. The second-order valence-corrected chi connectivity index (χ2v) is 9.28. The van der Waals surface area contributed by atoms with E-state index in [1.807, 2.05) is 42.3 Å². The highest BCUT2D eigenvalue weighted by atomic mass is 19.1. The third-order valence-corrected chi connectivity index (χ3v) is 6.89. The second kappa shape index (κ2) is 12.5. The number of nitrogens with one attached hydrogen (secondary N) is 2. The minimum absolute atomic E-state index is 0.0991. The first kappa shape index (κ1) is 27.0. The number of aryl methyl sites for hydroxylation is 1. The van der Waals surface area contributed by atoms with Crippen molar-refractivity contribution >= 4 is 29.6 Å². The lowest BCUT2D eigenvalue weighted by atomic mass is 9.99. The molecule has 0 spiro atoms. The molecule has 2 aliphatic rings. The Morgan fingerprint density at radius 2 is 2.08 bits per heavy atom. The van der Waals surface area contributed by atoms with Gasteiger partial charge in [-0.05, 0) is 67.1 Å². The van der Waals surface area contributed by atoms with E-state index in [2.05, 4.69) is 15.6 Å². The van der Waals surface area contributed by atoms with Gasteiger partial charge in [0.05, 0.1) is 19.7 Å². The van der Waals surface area contributed by atoms with E-state index in [1.165, 1.54) is 7.11 Å². The standard InChI is InChI=1S/C29H34FN5O3/c1-4-20-17-21(9-10-23(20)29(37)32-13-7-5-6-8-16-36)34-27-28-33-18-24(35(28)15-14-31-27)22-11-12-25(38-3)26(30)19(22)2/h9-12,14-17,24H,4-8,13,18H2,1-3H3,(H,31,34)(H,32,37). The van der Waals surface area contributed by atoms with E-state index in [0.717, 1.165) is 42.4 Å². The molecule has 8 nitrogen and oxygen atoms in total. The van der Waals surface area contributed by atoms with E-state index >= 15 is 0 Å². The number of fused-ring (bicyclic) bond motifs is 1. The molecule has 1 unspecified atom stereocenters. The average Bonchev–Trinajstić information content (AvgIpc) is 3.37. The second-order valence-electron chi connectivity index (χ2n) is 9.28. The van der Waals surface area contributed by atoms with Gasteiger partial charge >= 0.3 is 0 Å². The van der Waals surface area contributed by atoms with Gasteiger partial charge in [0, 0.05) is 36.6 Å². The summed E-state index contributed by atoms with van der Waals surface area (Å²) < 4.78 is 19.8. The van der Waals surface area contributed by atoms with E-state index in [-0.39, 0.29) is 23.5 Å². The number of amidine groups is 2. The summed E-state index contributed by atoms with van der Waals surface area (Å²) in [4.78, 5) is 34.4. The van der Waals surface area contributed by atoms with E-state index in [0.29, 0.717) is 48.7 Å². The molecule has 0 saturated carbocycles. The zero-order valence-corrected chi connectivity index (χ0v) is 22.1. The molecule has 2 heterocycles. The lowest BCUT2D eigenvalue weighted by Crippen LogP contribution is -2.37. The van der Waals surface area contributed by atoms with Gasteiger partial charge in [0.15, 0.2) is 23.2 Å². The molecule has 38 heavy (non-hydrogen) atoms. The van der Waals surface area contributed by atoms with Crippen molar-refractivity contribution in [2.45, 2.75) is 52.0 Å². The Labute approximate surface area is 222 Å². The highest BCUT2D eigenvalue weighted by molar-refractivity contribution is 6.45. The van der Waals surface area contributed by atoms with Crippen molar-refractivity contribution in [3.63, 3.8) is 0 Å². The van der Waals surface area contributed by atoms with Crippen LogP contribution in [-0.4, -0.2) is 49.0 Å². The average molecular weight is 520 g/mol. The number of aliphatic imine (C=N–C) groups is 2. The largest absolute Gasteiger partial charge is 0.494 e. The number of rotatable bonds is 11. The summed E-state index contributed by atoms with van der Waals surface area (Å²) in [5.74, 6) is 1.04. The van der Waals surface area contributed by atoms with Gasteiger partial charge in [0.25, 0.3) is 5.91 Å². The molecule has 0 saturated heterocycles. The fraction of sp³-hybridized carbons (Fsp3) is 0.379. The number of nitrogens with zero attached hydrogens (tertiary/aromatic N) is 3. The summed E-state index contributed by atoms with van der Waals surface area (Å²) >= 11 is 0. The Hall–Kier alpha value is -4.01. The summed E-state index contributed by atoms with van der Waals surface area (Å²) in [5, 5.41) is 6.33. The van der Waals surface area contributed by atoms with Crippen LogP contribution in [0.3, 0.4) is 0 Å². The number of carbonyl (C=O) groups excluding carboxylic acids is 2. The normalized spacial score (nSPS) is 16.0. The third-order valence-electron chi connectivity index (χ3n) is 6.89. The van der Waals surface area contributed by atoms with Gasteiger partial charge in [0.2, 0.25) is 0 Å². The number of anilines is 1. The van der Waals surface area contributed by atoms with Crippen molar-refractivity contribution in [1.82, 2.24) is 10.2 Å². The Balaban J connectivity index is 1.43. The fourth-order valence-electron chi connectivity index (χ4n) is 4.78. The SMILES string of the molecule is CCc1cc(NC2=NC=CN3C2=NCC3c2ccc(OC)c(F)c2C)ccc1C(=O)NCCCCCC=O. The van der Waals surface area contributed by atoms with Crippen molar-refractivity contribution < 1.29 is 18.7 Å². The van der Waals surface area contributed by atoms with Crippen molar-refractivity contribution in [1.29, 1.82) is 0 Å². The highest BCUT2D eigenvalue weighted by Gasteiger charge is 2.33. The maximum atomic E-state index is 14.7. The molecule has 0 aliphatic carbocycles. The van der Waals surface area contributed by atoms with Gasteiger partial charge in [-0.15, -0.1) is 0 Å². The van der Waals surface area contributed by atoms with Crippen LogP contribution in [0, 0.1) is 12.7 Å². The van der Waals surface area contributed by atoms with Crippen LogP contribution in [0.2, 0.25) is 0 Å². The van der Waals surface area contributed by atoms with E-state index < -0.39 is 0 Å². The van der Waals surface area contributed by atoms with Crippen molar-refractivity contribution in [2.75, 3.05) is 25.5 Å². The first-order chi connectivity index (χ1) is 18.5. The quantitative estimate of drug-likeness (QED) is 0.324. The van der Waals surface area contributed by atoms with Crippen LogP contribution < -0.4 is 15.4 Å². The van der Waals surface area contributed by atoms with Crippen LogP contribution in [0.25, 0.3) is 0 Å². The van der Waals surface area contributed by atoms with Crippen LogP contribution in [0.1, 0.15) is 65.7 Å². The molecular weight excluding hydrogens is 485 g/mol. The lowest BCUT2D eigenvalue weighted by Gasteiger charge is -2.28. The molecule has 200 valence electrons. The molecule has 0 fully saturated rings. The van der Waals surface area contributed by atoms with Gasteiger partial charge in [-0.2, -0.15) is 0 Å². The highest BCUT2D eigenvalue weighted by Crippen LogP contribution is 2.34. The molecule has 2 aliphatic heterocycles. The minimum atomic E-state index is -0.361.